The van der Waals surface area contributed by atoms with Crippen molar-refractivity contribution < 1.29 is 14.7 Å². The fourth-order valence-electron chi connectivity index (χ4n) is 1.17. The van der Waals surface area contributed by atoms with Crippen molar-refractivity contribution in [2.45, 2.75) is 12.5 Å². The molecule has 0 saturated heterocycles. The average Bonchev–Trinajstić information content (AvgIpc) is 2.18. The molecular weight excluding hydrogens is 309 g/mol. The first kappa shape index (κ1) is 12.0. The van der Waals surface area contributed by atoms with Crippen LogP contribution in [0.5, 0.6) is 0 Å². The molecule has 0 aromatic heterocycles. The fraction of sp³-hybridized carbons (Fsp3) is 0.200. The van der Waals surface area contributed by atoms with E-state index in [-0.39, 0.29) is 0 Å². The first-order valence-electron chi connectivity index (χ1n) is 4.21. The number of carbonyl (C=O) groups is 2. The fourth-order valence-corrected chi connectivity index (χ4v) is 1.53. The number of hydrogen-bond donors (Lipinski definition) is 2. The highest BCUT2D eigenvalue weighted by atomic mass is 127. The summed E-state index contributed by atoms with van der Waals surface area (Å²) in [6, 6.07) is 6.96. The monoisotopic (exact) mass is 319 g/mol. The number of carbonyl (C=O) groups excluding carboxylic acids is 1. The van der Waals surface area contributed by atoms with E-state index in [0.29, 0.717) is 12.0 Å². The minimum atomic E-state index is -1.37. The van der Waals surface area contributed by atoms with E-state index in [2.05, 4.69) is 27.9 Å². The second kappa shape index (κ2) is 4.61. The van der Waals surface area contributed by atoms with Gasteiger partial charge in [-0.05, 0) is 47.2 Å². The van der Waals surface area contributed by atoms with Crippen LogP contribution < -0.4 is 5.32 Å². The van der Waals surface area contributed by atoms with Crippen LogP contribution in [-0.2, 0) is 15.1 Å². The number of aliphatic carboxylic acids is 1. The summed E-state index contributed by atoms with van der Waals surface area (Å²) in [7, 11) is 0. The van der Waals surface area contributed by atoms with Crippen LogP contribution in [0.25, 0.3) is 0 Å². The standard InChI is InChI=1S/C10H10INO3/c1-10(9(14)15,12-6-13)7-2-4-8(11)5-3-7/h2-6H,1H3,(H,12,13)(H,14,15). The lowest BCUT2D eigenvalue weighted by molar-refractivity contribution is -0.145. The van der Waals surface area contributed by atoms with Crippen molar-refractivity contribution in [2.24, 2.45) is 0 Å². The first-order valence-corrected chi connectivity index (χ1v) is 5.29. The molecule has 4 nitrogen and oxygen atoms in total. The topological polar surface area (TPSA) is 66.4 Å². The zero-order valence-electron chi connectivity index (χ0n) is 8.03. The Kier molecular flexibility index (Phi) is 3.67. The third kappa shape index (κ3) is 2.47. The van der Waals surface area contributed by atoms with Crippen LogP contribution in [0.3, 0.4) is 0 Å². The molecule has 1 atom stereocenters. The molecule has 1 aromatic rings. The molecule has 0 aliphatic carbocycles. The van der Waals surface area contributed by atoms with E-state index >= 15 is 0 Å². The Morgan fingerprint density at radius 3 is 2.40 bits per heavy atom. The smallest absolute Gasteiger partial charge is 0.333 e. The number of carboxylic acids is 1. The molecule has 0 radical (unpaired) electrons. The van der Waals surface area contributed by atoms with E-state index in [1.54, 1.807) is 24.3 Å². The molecule has 0 fully saturated rings. The summed E-state index contributed by atoms with van der Waals surface area (Å²) < 4.78 is 1.01. The van der Waals surface area contributed by atoms with E-state index < -0.39 is 11.5 Å². The van der Waals surface area contributed by atoms with Gasteiger partial charge in [0, 0.05) is 3.57 Å². The lowest BCUT2D eigenvalue weighted by atomic mass is 9.92. The molecule has 80 valence electrons. The highest BCUT2D eigenvalue weighted by Gasteiger charge is 2.34. The Morgan fingerprint density at radius 2 is 2.00 bits per heavy atom. The SMILES string of the molecule is CC(NC=O)(C(=O)O)c1ccc(I)cc1. The maximum atomic E-state index is 11.1. The quantitative estimate of drug-likeness (QED) is 0.650. The molecule has 0 aliphatic heterocycles. The Morgan fingerprint density at radius 1 is 1.47 bits per heavy atom. The van der Waals surface area contributed by atoms with Gasteiger partial charge in [0.25, 0.3) is 0 Å². The summed E-state index contributed by atoms with van der Waals surface area (Å²) >= 11 is 2.13. The zero-order chi connectivity index (χ0) is 11.5. The number of carboxylic acid groups (broad SMARTS) is 1. The van der Waals surface area contributed by atoms with Crippen molar-refractivity contribution in [3.8, 4) is 0 Å². The first-order chi connectivity index (χ1) is 7.00. The number of hydrogen-bond acceptors (Lipinski definition) is 2. The van der Waals surface area contributed by atoms with Crippen LogP contribution in [0.1, 0.15) is 12.5 Å². The molecule has 0 bridgehead atoms. The van der Waals surface area contributed by atoms with Crippen molar-refractivity contribution in [1.29, 1.82) is 0 Å². The molecule has 15 heavy (non-hydrogen) atoms. The third-order valence-electron chi connectivity index (χ3n) is 2.20. The van der Waals surface area contributed by atoms with Crippen molar-refractivity contribution in [3.05, 3.63) is 33.4 Å². The molecule has 0 heterocycles. The van der Waals surface area contributed by atoms with Crippen molar-refractivity contribution in [3.63, 3.8) is 0 Å². The van der Waals surface area contributed by atoms with E-state index in [1.807, 2.05) is 0 Å². The van der Waals surface area contributed by atoms with Crippen molar-refractivity contribution in [2.75, 3.05) is 0 Å². The summed E-state index contributed by atoms with van der Waals surface area (Å²) in [5, 5.41) is 11.4. The molecule has 2 N–H and O–H groups in total. The molecule has 0 spiro atoms. The van der Waals surface area contributed by atoms with E-state index in [9.17, 15) is 9.59 Å². The maximum absolute atomic E-state index is 11.1. The van der Waals surface area contributed by atoms with E-state index in [4.69, 9.17) is 5.11 Å². The van der Waals surface area contributed by atoms with Gasteiger partial charge < -0.3 is 10.4 Å². The van der Waals surface area contributed by atoms with Crippen LogP contribution in [0.15, 0.2) is 24.3 Å². The van der Waals surface area contributed by atoms with Crippen molar-refractivity contribution in [1.82, 2.24) is 5.32 Å². The van der Waals surface area contributed by atoms with Gasteiger partial charge >= 0.3 is 5.97 Å². The molecule has 5 heteroatoms. The molecule has 0 aliphatic rings. The minimum absolute atomic E-state index is 0.395. The normalized spacial score (nSPS) is 14.0. The summed E-state index contributed by atoms with van der Waals surface area (Å²) in [5.74, 6) is -1.09. The average molecular weight is 319 g/mol. The largest absolute Gasteiger partial charge is 0.479 e. The van der Waals surface area contributed by atoms with Gasteiger partial charge in [0.15, 0.2) is 5.54 Å². The van der Waals surface area contributed by atoms with Crippen LogP contribution in [0, 0.1) is 3.57 Å². The zero-order valence-corrected chi connectivity index (χ0v) is 10.2. The highest BCUT2D eigenvalue weighted by Crippen LogP contribution is 2.21. The van der Waals surface area contributed by atoms with Gasteiger partial charge in [0.1, 0.15) is 0 Å². The van der Waals surface area contributed by atoms with Gasteiger partial charge in [0.05, 0.1) is 0 Å². The maximum Gasteiger partial charge on any atom is 0.333 e. The Labute approximate surface area is 101 Å². The molecule has 0 saturated carbocycles. The van der Waals surface area contributed by atoms with E-state index in [1.165, 1.54) is 6.92 Å². The number of rotatable bonds is 4. The molecule has 1 aromatic carbocycles. The Balaban J connectivity index is 3.14. The van der Waals surface area contributed by atoms with Crippen LogP contribution in [0.4, 0.5) is 0 Å². The van der Waals surface area contributed by atoms with E-state index in [0.717, 1.165) is 3.57 Å². The Hall–Kier alpha value is -1.11. The lowest BCUT2D eigenvalue weighted by Gasteiger charge is -2.24. The predicted octanol–water partition coefficient (Wildman–Crippen LogP) is 1.34. The third-order valence-corrected chi connectivity index (χ3v) is 2.92. The second-order valence-corrected chi connectivity index (χ2v) is 4.44. The number of halogens is 1. The van der Waals surface area contributed by atoms with Crippen molar-refractivity contribution >= 4 is 35.0 Å². The van der Waals surface area contributed by atoms with Gasteiger partial charge in [-0.3, -0.25) is 4.79 Å². The molecule has 1 unspecified atom stereocenters. The highest BCUT2D eigenvalue weighted by molar-refractivity contribution is 14.1. The molecule has 1 rings (SSSR count). The summed E-state index contributed by atoms with van der Waals surface area (Å²) in [6.45, 7) is 1.45. The molecular formula is C10H10INO3. The van der Waals surface area contributed by atoms with Gasteiger partial charge in [-0.25, -0.2) is 4.79 Å². The molecule has 1 amide bonds. The number of nitrogens with one attached hydrogen (secondary N) is 1. The lowest BCUT2D eigenvalue weighted by Crippen LogP contribution is -2.45. The Bertz CT molecular complexity index is 377. The second-order valence-electron chi connectivity index (χ2n) is 3.20. The van der Waals surface area contributed by atoms with Crippen LogP contribution in [0.2, 0.25) is 0 Å². The van der Waals surface area contributed by atoms with Gasteiger partial charge in [-0.1, -0.05) is 12.1 Å². The number of amides is 1. The summed E-state index contributed by atoms with van der Waals surface area (Å²) in [6.07, 6.45) is 0.395. The van der Waals surface area contributed by atoms with Gasteiger partial charge in [-0.15, -0.1) is 0 Å². The predicted molar refractivity (Wildman–Crippen MR) is 63.3 cm³/mol. The van der Waals surface area contributed by atoms with Gasteiger partial charge in [0.2, 0.25) is 6.41 Å². The number of benzene rings is 1. The van der Waals surface area contributed by atoms with Crippen LogP contribution >= 0.6 is 22.6 Å². The minimum Gasteiger partial charge on any atom is -0.479 e. The van der Waals surface area contributed by atoms with Gasteiger partial charge in [-0.2, -0.15) is 0 Å². The van der Waals surface area contributed by atoms with Crippen LogP contribution in [-0.4, -0.2) is 17.5 Å². The summed E-state index contributed by atoms with van der Waals surface area (Å²) in [4.78, 5) is 21.5. The summed E-state index contributed by atoms with van der Waals surface area (Å²) in [5.41, 5.74) is -0.825.